The van der Waals surface area contributed by atoms with Crippen LogP contribution in [-0.2, 0) is 4.79 Å². The highest BCUT2D eigenvalue weighted by Crippen LogP contribution is 2.33. The average Bonchev–Trinajstić information content (AvgIpc) is 2.46. The molecule has 2 aliphatic rings. The van der Waals surface area contributed by atoms with Crippen molar-refractivity contribution < 1.29 is 10.0 Å². The summed E-state index contributed by atoms with van der Waals surface area (Å²) in [6.45, 7) is 0. The largest absolute Gasteiger partial charge is 0.411 e. The fourth-order valence-electron chi connectivity index (χ4n) is 1.59. The second kappa shape index (κ2) is 1.68. The van der Waals surface area contributed by atoms with E-state index in [1.54, 1.807) is 0 Å². The average molecular weight is 137 g/mol. The summed E-state index contributed by atoms with van der Waals surface area (Å²) in [5.41, 5.74) is 0.340. The van der Waals surface area contributed by atoms with Gasteiger partial charge in [-0.15, -0.1) is 0 Å². The molecule has 0 radical (unpaired) electrons. The lowest BCUT2D eigenvalue weighted by atomic mass is 10.0. The van der Waals surface area contributed by atoms with E-state index in [0.717, 1.165) is 6.42 Å². The third-order valence-corrected chi connectivity index (χ3v) is 2.13. The first kappa shape index (κ1) is 5.65. The molecular formula is C7H7NO2. The maximum absolute atomic E-state index is 11.1. The number of hydrogen-bond acceptors (Lipinski definition) is 3. The zero-order chi connectivity index (χ0) is 7.14. The maximum Gasteiger partial charge on any atom is 0.187 e. The van der Waals surface area contributed by atoms with E-state index < -0.39 is 0 Å². The van der Waals surface area contributed by atoms with E-state index in [4.69, 9.17) is 5.21 Å². The monoisotopic (exact) mass is 137 g/mol. The molecule has 2 bridgehead atoms. The highest BCUT2D eigenvalue weighted by molar-refractivity contribution is 6.44. The Bertz CT molecular complexity index is 242. The zero-order valence-corrected chi connectivity index (χ0v) is 5.32. The molecule has 1 saturated carbocycles. The number of carbonyl (C=O) groups is 1. The van der Waals surface area contributed by atoms with Crippen LogP contribution >= 0.6 is 0 Å². The Morgan fingerprint density at radius 3 is 2.60 bits per heavy atom. The van der Waals surface area contributed by atoms with Crippen LogP contribution in [0.4, 0.5) is 0 Å². The summed E-state index contributed by atoms with van der Waals surface area (Å²) >= 11 is 0. The number of oxime groups is 1. The fraction of sp³-hybridized carbons (Fsp3) is 0.429. The Hall–Kier alpha value is -1.12. The van der Waals surface area contributed by atoms with Crippen LogP contribution in [0.1, 0.15) is 6.42 Å². The van der Waals surface area contributed by atoms with Crippen LogP contribution in [0.3, 0.4) is 0 Å². The first-order chi connectivity index (χ1) is 4.83. The van der Waals surface area contributed by atoms with Crippen LogP contribution in [-0.4, -0.2) is 16.7 Å². The van der Waals surface area contributed by atoms with Gasteiger partial charge in [0.2, 0.25) is 0 Å². The molecule has 3 heteroatoms. The molecule has 0 amide bonds. The first-order valence-corrected chi connectivity index (χ1v) is 3.27. The van der Waals surface area contributed by atoms with Gasteiger partial charge in [-0.2, -0.15) is 0 Å². The molecule has 0 aromatic rings. The van der Waals surface area contributed by atoms with Crippen molar-refractivity contribution in [2.24, 2.45) is 17.0 Å². The van der Waals surface area contributed by atoms with Crippen LogP contribution < -0.4 is 0 Å². The summed E-state index contributed by atoms with van der Waals surface area (Å²) in [7, 11) is 0. The topological polar surface area (TPSA) is 49.7 Å². The molecule has 1 N–H and O–H groups in total. The lowest BCUT2D eigenvalue weighted by Gasteiger charge is -2.00. The van der Waals surface area contributed by atoms with E-state index in [9.17, 15) is 4.79 Å². The molecule has 0 saturated heterocycles. The number of allylic oxidation sites excluding steroid dienone is 2. The molecule has 0 aromatic carbocycles. The molecule has 0 heterocycles. The Labute approximate surface area is 58.0 Å². The minimum Gasteiger partial charge on any atom is -0.411 e. The van der Waals surface area contributed by atoms with Crippen LogP contribution in [0.15, 0.2) is 17.3 Å². The zero-order valence-electron chi connectivity index (χ0n) is 5.32. The normalized spacial score (nSPS) is 40.0. The van der Waals surface area contributed by atoms with E-state index in [1.165, 1.54) is 0 Å². The second-order valence-corrected chi connectivity index (χ2v) is 2.68. The Balaban J connectivity index is 2.43. The van der Waals surface area contributed by atoms with Gasteiger partial charge < -0.3 is 5.21 Å². The standard InChI is InChI=1S/C7H7NO2/c9-7-5-2-1-4(3-5)6(7)8-10/h1-2,4-5,10H,3H2/b8-6-. The van der Waals surface area contributed by atoms with Gasteiger partial charge in [-0.3, -0.25) is 4.79 Å². The van der Waals surface area contributed by atoms with Crippen molar-refractivity contribution in [3.63, 3.8) is 0 Å². The summed E-state index contributed by atoms with van der Waals surface area (Å²) in [5, 5.41) is 11.4. The third-order valence-electron chi connectivity index (χ3n) is 2.13. The molecule has 0 aromatic heterocycles. The molecule has 0 spiro atoms. The van der Waals surface area contributed by atoms with Crippen LogP contribution in [0.5, 0.6) is 0 Å². The highest BCUT2D eigenvalue weighted by Gasteiger charge is 2.40. The second-order valence-electron chi connectivity index (χ2n) is 2.68. The number of hydrogen-bond donors (Lipinski definition) is 1. The number of nitrogens with zero attached hydrogens (tertiary/aromatic N) is 1. The Kier molecular flexibility index (Phi) is 0.952. The molecule has 2 unspecified atom stereocenters. The summed E-state index contributed by atoms with van der Waals surface area (Å²) in [5.74, 6) is 0.105. The summed E-state index contributed by atoms with van der Waals surface area (Å²) in [6, 6.07) is 0. The van der Waals surface area contributed by atoms with E-state index in [2.05, 4.69) is 5.16 Å². The predicted molar refractivity (Wildman–Crippen MR) is 35.0 cm³/mol. The van der Waals surface area contributed by atoms with Gasteiger partial charge in [-0.1, -0.05) is 17.3 Å². The SMILES string of the molecule is O=C1/C(=N\O)C2C=CC1C2. The molecule has 0 aliphatic heterocycles. The van der Waals surface area contributed by atoms with Gasteiger partial charge in [0, 0.05) is 11.8 Å². The summed E-state index contributed by atoms with van der Waals surface area (Å²) in [6.07, 6.45) is 4.64. The molecule has 2 aliphatic carbocycles. The van der Waals surface area contributed by atoms with E-state index in [1.807, 2.05) is 12.2 Å². The number of Topliss-reactive ketones (excluding diaryl/α,β-unsaturated/α-hetero) is 1. The molecule has 3 nitrogen and oxygen atoms in total. The predicted octanol–water partition coefficient (Wildman–Crippen LogP) is 0.592. The van der Waals surface area contributed by atoms with Crippen molar-refractivity contribution in [3.05, 3.63) is 12.2 Å². The number of carbonyl (C=O) groups excluding carboxylic acids is 1. The molecular weight excluding hydrogens is 130 g/mol. The third kappa shape index (κ3) is 0.497. The van der Waals surface area contributed by atoms with Gasteiger partial charge in [0.1, 0.15) is 5.71 Å². The molecule has 52 valence electrons. The smallest absolute Gasteiger partial charge is 0.187 e. The van der Waals surface area contributed by atoms with Crippen LogP contribution in [0.25, 0.3) is 0 Å². The Morgan fingerprint density at radius 2 is 2.20 bits per heavy atom. The number of ketones is 1. The van der Waals surface area contributed by atoms with Crippen molar-refractivity contribution in [1.29, 1.82) is 0 Å². The molecule has 10 heavy (non-hydrogen) atoms. The highest BCUT2D eigenvalue weighted by atomic mass is 16.4. The van der Waals surface area contributed by atoms with Crippen molar-refractivity contribution in [3.8, 4) is 0 Å². The van der Waals surface area contributed by atoms with E-state index in [-0.39, 0.29) is 17.6 Å². The molecule has 1 fully saturated rings. The van der Waals surface area contributed by atoms with Gasteiger partial charge in [-0.25, -0.2) is 0 Å². The van der Waals surface area contributed by atoms with Gasteiger partial charge in [0.05, 0.1) is 0 Å². The van der Waals surface area contributed by atoms with Crippen LogP contribution in [0, 0.1) is 11.8 Å². The maximum atomic E-state index is 11.1. The van der Waals surface area contributed by atoms with Crippen molar-refractivity contribution >= 4 is 11.5 Å². The summed E-state index contributed by atoms with van der Waals surface area (Å²) < 4.78 is 0. The van der Waals surface area contributed by atoms with Gasteiger partial charge in [0.25, 0.3) is 0 Å². The lowest BCUT2D eigenvalue weighted by molar-refractivity contribution is -0.114. The number of rotatable bonds is 0. The van der Waals surface area contributed by atoms with Crippen molar-refractivity contribution in [1.82, 2.24) is 0 Å². The van der Waals surface area contributed by atoms with E-state index >= 15 is 0 Å². The van der Waals surface area contributed by atoms with Crippen molar-refractivity contribution in [2.75, 3.05) is 0 Å². The minimum absolute atomic E-state index is 0.00463. The van der Waals surface area contributed by atoms with Crippen LogP contribution in [0.2, 0.25) is 0 Å². The Morgan fingerprint density at radius 1 is 1.50 bits per heavy atom. The van der Waals surface area contributed by atoms with Gasteiger partial charge >= 0.3 is 0 Å². The quantitative estimate of drug-likeness (QED) is 0.302. The van der Waals surface area contributed by atoms with Gasteiger partial charge in [-0.05, 0) is 6.42 Å². The minimum atomic E-state index is -0.00463. The van der Waals surface area contributed by atoms with E-state index in [0.29, 0.717) is 5.71 Å². The lowest BCUT2D eigenvalue weighted by Crippen LogP contribution is -2.18. The first-order valence-electron chi connectivity index (χ1n) is 3.27. The molecule has 2 atom stereocenters. The van der Waals surface area contributed by atoms with Crippen molar-refractivity contribution in [2.45, 2.75) is 6.42 Å². The fourth-order valence-corrected chi connectivity index (χ4v) is 1.59. The molecule has 2 rings (SSSR count). The van der Waals surface area contributed by atoms with Gasteiger partial charge in [0.15, 0.2) is 5.78 Å². The summed E-state index contributed by atoms with van der Waals surface area (Å²) in [4.78, 5) is 11.1. The number of fused-ring (bicyclic) bond motifs is 2.